The zero-order chi connectivity index (χ0) is 14.6. The summed E-state index contributed by atoms with van der Waals surface area (Å²) < 4.78 is 2.16. The summed E-state index contributed by atoms with van der Waals surface area (Å²) in [6.45, 7) is 10.1. The van der Waals surface area contributed by atoms with Crippen molar-refractivity contribution >= 4 is 11.3 Å². The van der Waals surface area contributed by atoms with Crippen molar-refractivity contribution in [3.8, 4) is 0 Å². The Hall–Kier alpha value is -1.13. The predicted octanol–water partition coefficient (Wildman–Crippen LogP) is 4.10. The fourth-order valence-corrected chi connectivity index (χ4v) is 3.19. The molecule has 2 heterocycles. The van der Waals surface area contributed by atoms with Gasteiger partial charge in [0.2, 0.25) is 0 Å². The first-order chi connectivity index (χ1) is 9.50. The highest BCUT2D eigenvalue weighted by atomic mass is 32.1. The van der Waals surface area contributed by atoms with E-state index in [0.29, 0.717) is 12.1 Å². The fraction of sp³-hybridized carbons (Fsp3) is 0.562. The van der Waals surface area contributed by atoms with Gasteiger partial charge in [0.15, 0.2) is 0 Å². The minimum atomic E-state index is 0.203. The van der Waals surface area contributed by atoms with Crippen molar-refractivity contribution in [1.82, 2.24) is 14.9 Å². The predicted molar refractivity (Wildman–Crippen MR) is 86.0 cm³/mol. The van der Waals surface area contributed by atoms with E-state index in [1.54, 1.807) is 0 Å². The molecule has 0 saturated heterocycles. The van der Waals surface area contributed by atoms with Gasteiger partial charge >= 0.3 is 0 Å². The van der Waals surface area contributed by atoms with Gasteiger partial charge in [0.1, 0.15) is 0 Å². The molecule has 110 valence electrons. The van der Waals surface area contributed by atoms with Gasteiger partial charge in [0.05, 0.1) is 6.33 Å². The molecule has 0 amide bonds. The first-order valence-corrected chi connectivity index (χ1v) is 8.14. The first-order valence-electron chi connectivity index (χ1n) is 7.26. The number of thiophene rings is 1. The van der Waals surface area contributed by atoms with E-state index in [0.717, 1.165) is 13.0 Å². The van der Waals surface area contributed by atoms with Gasteiger partial charge in [-0.3, -0.25) is 0 Å². The van der Waals surface area contributed by atoms with Crippen LogP contribution in [-0.4, -0.2) is 15.6 Å². The van der Waals surface area contributed by atoms with Crippen molar-refractivity contribution in [3.63, 3.8) is 0 Å². The molecule has 0 aliphatic carbocycles. The number of nitrogens with one attached hydrogen (secondary N) is 1. The van der Waals surface area contributed by atoms with E-state index in [4.69, 9.17) is 0 Å². The summed E-state index contributed by atoms with van der Waals surface area (Å²) in [7, 11) is 0. The van der Waals surface area contributed by atoms with Gasteiger partial charge in [0.25, 0.3) is 0 Å². The zero-order valence-electron chi connectivity index (χ0n) is 12.8. The number of hydrogen-bond acceptors (Lipinski definition) is 3. The molecule has 0 aliphatic rings. The van der Waals surface area contributed by atoms with Gasteiger partial charge in [-0.05, 0) is 23.3 Å². The monoisotopic (exact) mass is 291 g/mol. The van der Waals surface area contributed by atoms with E-state index in [2.05, 4.69) is 60.1 Å². The Labute approximate surface area is 126 Å². The number of aromatic nitrogens is 2. The van der Waals surface area contributed by atoms with Gasteiger partial charge in [-0.2, -0.15) is 0 Å². The van der Waals surface area contributed by atoms with Crippen molar-refractivity contribution in [2.45, 2.75) is 52.7 Å². The fourth-order valence-electron chi connectivity index (χ4n) is 2.32. The molecule has 4 heteroatoms. The lowest BCUT2D eigenvalue weighted by molar-refractivity contribution is 0.220. The molecule has 0 saturated carbocycles. The molecule has 2 aromatic rings. The van der Waals surface area contributed by atoms with Crippen LogP contribution in [-0.2, 0) is 6.54 Å². The summed E-state index contributed by atoms with van der Waals surface area (Å²) in [4.78, 5) is 5.57. The van der Waals surface area contributed by atoms with Gasteiger partial charge in [0, 0.05) is 35.9 Å². The minimum absolute atomic E-state index is 0.203. The zero-order valence-corrected chi connectivity index (χ0v) is 13.7. The summed E-state index contributed by atoms with van der Waals surface area (Å²) in [5.41, 5.74) is 0.203. The topological polar surface area (TPSA) is 29.9 Å². The van der Waals surface area contributed by atoms with Gasteiger partial charge in [-0.25, -0.2) is 4.98 Å². The SMILES string of the molecule is CCC(NC(Cn1ccnc1)C(C)(C)C)c1cccs1. The van der Waals surface area contributed by atoms with Crippen molar-refractivity contribution in [2.24, 2.45) is 5.41 Å². The second-order valence-corrected chi connectivity index (χ2v) is 7.30. The lowest BCUT2D eigenvalue weighted by atomic mass is 9.86. The summed E-state index contributed by atoms with van der Waals surface area (Å²) >= 11 is 1.83. The smallest absolute Gasteiger partial charge is 0.0946 e. The van der Waals surface area contributed by atoms with E-state index < -0.39 is 0 Å². The highest BCUT2D eigenvalue weighted by Crippen LogP contribution is 2.27. The van der Waals surface area contributed by atoms with Crippen molar-refractivity contribution < 1.29 is 0 Å². The summed E-state index contributed by atoms with van der Waals surface area (Å²) in [5, 5.41) is 6.00. The normalized spacial score (nSPS) is 15.2. The molecule has 0 aromatic carbocycles. The molecule has 0 radical (unpaired) electrons. The van der Waals surface area contributed by atoms with Crippen LogP contribution in [0, 0.1) is 5.41 Å². The Bertz CT molecular complexity index is 482. The van der Waals surface area contributed by atoms with Crippen LogP contribution in [0.25, 0.3) is 0 Å². The maximum absolute atomic E-state index is 4.14. The molecule has 0 fully saturated rings. The number of hydrogen-bond donors (Lipinski definition) is 1. The quantitative estimate of drug-likeness (QED) is 0.868. The van der Waals surface area contributed by atoms with Crippen molar-refractivity contribution in [2.75, 3.05) is 0 Å². The van der Waals surface area contributed by atoms with Crippen LogP contribution in [0.15, 0.2) is 36.2 Å². The first kappa shape index (κ1) is 15.3. The van der Waals surface area contributed by atoms with Crippen molar-refractivity contribution in [3.05, 3.63) is 41.1 Å². The molecule has 0 bridgehead atoms. The second-order valence-electron chi connectivity index (χ2n) is 6.32. The van der Waals surface area contributed by atoms with Crippen LogP contribution >= 0.6 is 11.3 Å². The third-order valence-corrected chi connectivity index (χ3v) is 4.68. The van der Waals surface area contributed by atoms with Gasteiger partial charge < -0.3 is 9.88 Å². The minimum Gasteiger partial charge on any atom is -0.336 e. The lowest BCUT2D eigenvalue weighted by Crippen LogP contribution is -2.44. The van der Waals surface area contributed by atoms with Crippen LogP contribution in [0.2, 0.25) is 0 Å². The average molecular weight is 291 g/mol. The molecule has 2 rings (SSSR count). The van der Waals surface area contributed by atoms with Crippen LogP contribution in [0.3, 0.4) is 0 Å². The molecule has 0 spiro atoms. The number of nitrogens with zero attached hydrogens (tertiary/aromatic N) is 2. The summed E-state index contributed by atoms with van der Waals surface area (Å²) in [6.07, 6.45) is 6.88. The third kappa shape index (κ3) is 3.93. The van der Waals surface area contributed by atoms with Crippen LogP contribution in [0.1, 0.15) is 45.0 Å². The number of rotatable bonds is 6. The van der Waals surface area contributed by atoms with E-state index in [1.165, 1.54) is 4.88 Å². The maximum Gasteiger partial charge on any atom is 0.0946 e. The van der Waals surface area contributed by atoms with Gasteiger partial charge in [-0.1, -0.05) is 33.8 Å². The van der Waals surface area contributed by atoms with E-state index in [-0.39, 0.29) is 5.41 Å². The molecule has 3 nitrogen and oxygen atoms in total. The molecule has 2 aromatic heterocycles. The maximum atomic E-state index is 4.14. The highest BCUT2D eigenvalue weighted by Gasteiger charge is 2.27. The Balaban J connectivity index is 2.11. The lowest BCUT2D eigenvalue weighted by Gasteiger charge is -2.35. The Morgan fingerprint density at radius 3 is 2.70 bits per heavy atom. The highest BCUT2D eigenvalue weighted by molar-refractivity contribution is 7.10. The standard InChI is InChI=1S/C16H25N3S/c1-5-13(14-7-6-10-20-14)18-15(16(2,3)4)11-19-9-8-17-12-19/h6-10,12-13,15,18H,5,11H2,1-4H3. The number of imidazole rings is 1. The Morgan fingerprint density at radius 2 is 2.20 bits per heavy atom. The van der Waals surface area contributed by atoms with Gasteiger partial charge in [-0.15, -0.1) is 11.3 Å². The molecule has 2 atom stereocenters. The molecule has 20 heavy (non-hydrogen) atoms. The van der Waals surface area contributed by atoms with Crippen LogP contribution < -0.4 is 5.32 Å². The molecule has 0 aliphatic heterocycles. The third-order valence-electron chi connectivity index (χ3n) is 3.70. The second kappa shape index (κ2) is 6.55. The Morgan fingerprint density at radius 1 is 1.40 bits per heavy atom. The van der Waals surface area contributed by atoms with E-state index in [9.17, 15) is 0 Å². The van der Waals surface area contributed by atoms with E-state index in [1.807, 2.05) is 30.1 Å². The average Bonchev–Trinajstić information content (AvgIpc) is 3.05. The van der Waals surface area contributed by atoms with Crippen LogP contribution in [0.4, 0.5) is 0 Å². The van der Waals surface area contributed by atoms with Crippen molar-refractivity contribution in [1.29, 1.82) is 0 Å². The molecule has 1 N–H and O–H groups in total. The molecule has 2 unspecified atom stereocenters. The molecular weight excluding hydrogens is 266 g/mol. The largest absolute Gasteiger partial charge is 0.336 e. The van der Waals surface area contributed by atoms with E-state index >= 15 is 0 Å². The summed E-state index contributed by atoms with van der Waals surface area (Å²) in [6, 6.07) is 5.20. The Kier molecular flexibility index (Phi) is 5.00. The summed E-state index contributed by atoms with van der Waals surface area (Å²) in [5.74, 6) is 0. The molecular formula is C16H25N3S. The van der Waals surface area contributed by atoms with Crippen LogP contribution in [0.5, 0.6) is 0 Å².